The maximum atomic E-state index is 13.1. The lowest BCUT2D eigenvalue weighted by Crippen LogP contribution is -2.22. The number of nitrogens with one attached hydrogen (secondary N) is 2. The Balaban J connectivity index is 2.25. The van der Waals surface area contributed by atoms with Crippen LogP contribution in [-0.2, 0) is 6.18 Å². The Kier molecular flexibility index (Phi) is 6.02. The highest BCUT2D eigenvalue weighted by molar-refractivity contribution is 5.59. The number of ether oxygens (including phenoxy) is 1. The van der Waals surface area contributed by atoms with Crippen LogP contribution < -0.4 is 15.4 Å². The molecular weight excluding hydrogens is 335 g/mol. The fraction of sp³-hybridized carbons (Fsp3) is 0.375. The number of aromatic nitrogens is 2. The normalized spacial score (nSPS) is 11.5. The van der Waals surface area contributed by atoms with Crippen LogP contribution in [0.5, 0.6) is 5.75 Å². The zero-order valence-electron chi connectivity index (χ0n) is 14.2. The van der Waals surface area contributed by atoms with E-state index in [2.05, 4.69) is 20.6 Å². The minimum atomic E-state index is -4.56. The largest absolute Gasteiger partial charge is 0.497 e. The molecule has 0 atom stereocenters. The third-order valence-electron chi connectivity index (χ3n) is 3.20. The number of rotatable bonds is 7. The standard InChI is InChI=1S/C16H20F3N5O/c1-24(2)8-7-20-15-22-13(16(17,18)19)10-14(23-15)21-11-5-4-6-12(9-11)25-3/h4-6,9-10H,7-8H2,1-3H3,(H2,20,21,22,23). The first-order valence-corrected chi connectivity index (χ1v) is 7.54. The number of likely N-dealkylation sites (N-methyl/N-ethyl adjacent to an activating group) is 1. The third-order valence-corrected chi connectivity index (χ3v) is 3.20. The number of hydrogen-bond acceptors (Lipinski definition) is 6. The van der Waals surface area contributed by atoms with E-state index in [-0.39, 0.29) is 11.8 Å². The molecule has 0 unspecified atom stereocenters. The fourth-order valence-corrected chi connectivity index (χ4v) is 1.98. The lowest BCUT2D eigenvalue weighted by molar-refractivity contribution is -0.141. The number of nitrogens with zero attached hydrogens (tertiary/aromatic N) is 3. The van der Waals surface area contributed by atoms with Crippen molar-refractivity contribution in [1.82, 2.24) is 14.9 Å². The van der Waals surface area contributed by atoms with Gasteiger partial charge in [0, 0.05) is 30.9 Å². The minimum Gasteiger partial charge on any atom is -0.497 e. The Morgan fingerprint density at radius 1 is 1.16 bits per heavy atom. The van der Waals surface area contributed by atoms with Gasteiger partial charge in [0.25, 0.3) is 0 Å². The summed E-state index contributed by atoms with van der Waals surface area (Å²) < 4.78 is 44.3. The van der Waals surface area contributed by atoms with Crippen LogP contribution in [0.25, 0.3) is 0 Å². The summed E-state index contributed by atoms with van der Waals surface area (Å²) >= 11 is 0. The lowest BCUT2D eigenvalue weighted by atomic mass is 10.3. The molecule has 0 aliphatic carbocycles. The van der Waals surface area contributed by atoms with Crippen molar-refractivity contribution in [2.75, 3.05) is 44.9 Å². The van der Waals surface area contributed by atoms with Crippen LogP contribution in [0.2, 0.25) is 0 Å². The van der Waals surface area contributed by atoms with Gasteiger partial charge < -0.3 is 20.3 Å². The van der Waals surface area contributed by atoms with Crippen LogP contribution >= 0.6 is 0 Å². The lowest BCUT2D eigenvalue weighted by Gasteiger charge is -2.14. The highest BCUT2D eigenvalue weighted by Gasteiger charge is 2.33. The number of alkyl halides is 3. The van der Waals surface area contributed by atoms with Crippen LogP contribution in [0.3, 0.4) is 0 Å². The van der Waals surface area contributed by atoms with Crippen molar-refractivity contribution in [3.8, 4) is 5.75 Å². The van der Waals surface area contributed by atoms with Crippen LogP contribution in [0.4, 0.5) is 30.6 Å². The zero-order chi connectivity index (χ0) is 18.4. The van der Waals surface area contributed by atoms with Gasteiger partial charge in [0.2, 0.25) is 5.95 Å². The summed E-state index contributed by atoms with van der Waals surface area (Å²) in [5, 5.41) is 5.66. The second-order valence-electron chi connectivity index (χ2n) is 5.55. The molecule has 136 valence electrons. The summed E-state index contributed by atoms with van der Waals surface area (Å²) in [7, 11) is 5.24. The van der Waals surface area contributed by atoms with Gasteiger partial charge >= 0.3 is 6.18 Å². The van der Waals surface area contributed by atoms with Gasteiger partial charge in [0.15, 0.2) is 5.69 Å². The molecule has 6 nitrogen and oxygen atoms in total. The van der Waals surface area contributed by atoms with Gasteiger partial charge in [0.1, 0.15) is 11.6 Å². The summed E-state index contributed by atoms with van der Waals surface area (Å²) in [5.41, 5.74) is -0.453. The molecule has 0 amide bonds. The average molecular weight is 355 g/mol. The first-order chi connectivity index (χ1) is 11.8. The Hall–Kier alpha value is -2.55. The molecule has 0 radical (unpaired) electrons. The molecule has 0 spiro atoms. The van der Waals surface area contributed by atoms with Crippen LogP contribution in [-0.4, -0.2) is 49.2 Å². The van der Waals surface area contributed by atoms with E-state index in [0.717, 1.165) is 6.07 Å². The first-order valence-electron chi connectivity index (χ1n) is 7.54. The molecule has 1 aromatic heterocycles. The van der Waals surface area contributed by atoms with Gasteiger partial charge in [-0.3, -0.25) is 0 Å². The Bertz CT molecular complexity index is 706. The predicted molar refractivity (Wildman–Crippen MR) is 90.4 cm³/mol. The molecular formula is C16H20F3N5O. The summed E-state index contributed by atoms with van der Waals surface area (Å²) in [6.07, 6.45) is -4.56. The van der Waals surface area contributed by atoms with Gasteiger partial charge in [-0.1, -0.05) is 6.07 Å². The highest BCUT2D eigenvalue weighted by Crippen LogP contribution is 2.30. The van der Waals surface area contributed by atoms with Crippen molar-refractivity contribution in [3.05, 3.63) is 36.0 Å². The fourth-order valence-electron chi connectivity index (χ4n) is 1.98. The van der Waals surface area contributed by atoms with Crippen LogP contribution in [0.15, 0.2) is 30.3 Å². The smallest absolute Gasteiger partial charge is 0.433 e. The van der Waals surface area contributed by atoms with Gasteiger partial charge in [-0.2, -0.15) is 18.2 Å². The molecule has 0 bridgehead atoms. The summed E-state index contributed by atoms with van der Waals surface area (Å²) in [6.45, 7) is 1.06. The number of benzene rings is 1. The van der Waals surface area contributed by atoms with E-state index in [1.54, 1.807) is 24.3 Å². The van der Waals surface area contributed by atoms with Crippen LogP contribution in [0.1, 0.15) is 5.69 Å². The molecule has 25 heavy (non-hydrogen) atoms. The van der Waals surface area contributed by atoms with E-state index in [9.17, 15) is 13.2 Å². The summed E-state index contributed by atoms with van der Waals surface area (Å²) in [5.74, 6) is 0.546. The topological polar surface area (TPSA) is 62.3 Å². The van der Waals surface area contributed by atoms with E-state index >= 15 is 0 Å². The molecule has 2 N–H and O–H groups in total. The van der Waals surface area contributed by atoms with Crippen LogP contribution in [0, 0.1) is 0 Å². The van der Waals surface area contributed by atoms with Gasteiger partial charge in [-0.25, -0.2) is 4.98 Å². The molecule has 1 heterocycles. The molecule has 0 fully saturated rings. The summed E-state index contributed by atoms with van der Waals surface area (Å²) in [6, 6.07) is 7.70. The van der Waals surface area contributed by atoms with E-state index in [1.165, 1.54) is 7.11 Å². The van der Waals surface area contributed by atoms with E-state index in [0.29, 0.717) is 24.5 Å². The Labute approximate surface area is 144 Å². The second-order valence-corrected chi connectivity index (χ2v) is 5.55. The van der Waals surface area contributed by atoms with Gasteiger partial charge in [-0.05, 0) is 26.2 Å². The molecule has 9 heteroatoms. The van der Waals surface area contributed by atoms with Crippen molar-refractivity contribution in [3.63, 3.8) is 0 Å². The van der Waals surface area contributed by atoms with Crippen molar-refractivity contribution in [2.45, 2.75) is 6.18 Å². The molecule has 0 aliphatic rings. The maximum absolute atomic E-state index is 13.1. The summed E-state index contributed by atoms with van der Waals surface area (Å²) in [4.78, 5) is 9.55. The van der Waals surface area contributed by atoms with Crippen molar-refractivity contribution in [1.29, 1.82) is 0 Å². The number of anilines is 3. The Morgan fingerprint density at radius 2 is 1.92 bits per heavy atom. The molecule has 0 saturated heterocycles. The first kappa shape index (κ1) is 18.8. The quantitative estimate of drug-likeness (QED) is 0.795. The number of methoxy groups -OCH3 is 1. The second kappa shape index (κ2) is 8.02. The van der Waals surface area contributed by atoms with Crippen molar-refractivity contribution < 1.29 is 17.9 Å². The van der Waals surface area contributed by atoms with E-state index < -0.39 is 11.9 Å². The number of hydrogen-bond donors (Lipinski definition) is 2. The highest BCUT2D eigenvalue weighted by atomic mass is 19.4. The predicted octanol–water partition coefficient (Wildman–Crippen LogP) is 3.22. The molecule has 0 aliphatic heterocycles. The Morgan fingerprint density at radius 3 is 2.56 bits per heavy atom. The zero-order valence-corrected chi connectivity index (χ0v) is 14.2. The average Bonchev–Trinajstić information content (AvgIpc) is 2.53. The maximum Gasteiger partial charge on any atom is 0.433 e. The third kappa shape index (κ3) is 5.79. The monoisotopic (exact) mass is 355 g/mol. The minimum absolute atomic E-state index is 0.0444. The van der Waals surface area contributed by atoms with Gasteiger partial charge in [-0.15, -0.1) is 0 Å². The molecule has 1 aromatic carbocycles. The molecule has 2 aromatic rings. The van der Waals surface area contributed by atoms with Gasteiger partial charge in [0.05, 0.1) is 7.11 Å². The number of halogens is 3. The van der Waals surface area contributed by atoms with E-state index in [4.69, 9.17) is 4.74 Å². The van der Waals surface area contributed by atoms with Crippen molar-refractivity contribution in [2.24, 2.45) is 0 Å². The molecule has 0 saturated carbocycles. The van der Waals surface area contributed by atoms with E-state index in [1.807, 2.05) is 19.0 Å². The SMILES string of the molecule is COc1cccc(Nc2cc(C(F)(F)F)nc(NCCN(C)C)n2)c1. The molecule has 2 rings (SSSR count). The van der Waals surface area contributed by atoms with Crippen molar-refractivity contribution >= 4 is 17.5 Å².